The fourth-order valence-corrected chi connectivity index (χ4v) is 4.12. The molecule has 1 aromatic carbocycles. The molecule has 1 fully saturated rings. The number of ether oxygens (including phenoxy) is 2. The maximum atomic E-state index is 12.5. The molecule has 2 aliphatic rings. The van der Waals surface area contributed by atoms with Crippen molar-refractivity contribution in [1.29, 1.82) is 0 Å². The number of rotatable bonds is 4. The molecule has 142 valence electrons. The molecule has 0 spiro atoms. The van der Waals surface area contributed by atoms with E-state index in [0.29, 0.717) is 22.9 Å². The van der Waals surface area contributed by atoms with Gasteiger partial charge in [0.2, 0.25) is 6.79 Å². The normalized spacial score (nSPS) is 15.1. The summed E-state index contributed by atoms with van der Waals surface area (Å²) in [6.45, 7) is 2.33. The van der Waals surface area contributed by atoms with Crippen LogP contribution in [0.5, 0.6) is 11.5 Å². The van der Waals surface area contributed by atoms with E-state index in [4.69, 9.17) is 9.47 Å². The van der Waals surface area contributed by atoms with E-state index in [1.165, 1.54) is 24.2 Å². The molecule has 0 atom stereocenters. The smallest absolute Gasteiger partial charge is 0.275 e. The molecule has 5 rings (SSSR count). The zero-order valence-corrected chi connectivity index (χ0v) is 15.9. The Morgan fingerprint density at radius 3 is 2.79 bits per heavy atom. The molecule has 2 aromatic heterocycles. The van der Waals surface area contributed by atoms with Gasteiger partial charge in [-0.2, -0.15) is 0 Å². The lowest BCUT2D eigenvalue weighted by Crippen LogP contribution is -2.18. The van der Waals surface area contributed by atoms with Gasteiger partial charge in [0.25, 0.3) is 5.91 Å². The first-order chi connectivity index (χ1) is 13.8. The molecule has 4 heterocycles. The van der Waals surface area contributed by atoms with Gasteiger partial charge in [-0.05, 0) is 37.1 Å². The highest BCUT2D eigenvalue weighted by molar-refractivity contribution is 7.13. The Hall–Kier alpha value is -3.13. The third kappa shape index (κ3) is 3.27. The SMILES string of the molecule is O=C(Nc1ccc2c(c1)OCO2)c1csc(-c2ccc(N3CCCC3)nc2)n1. The number of nitrogens with zero attached hydrogens (tertiary/aromatic N) is 3. The molecular formula is C20H18N4O3S. The molecule has 0 radical (unpaired) electrons. The van der Waals surface area contributed by atoms with Crippen LogP contribution in [-0.2, 0) is 0 Å². The Labute approximate surface area is 166 Å². The van der Waals surface area contributed by atoms with Crippen molar-refractivity contribution in [2.45, 2.75) is 12.8 Å². The standard InChI is InChI=1S/C20H18N4O3S/c25-19(22-14-4-5-16-17(9-14)27-12-26-16)15-11-28-20(23-15)13-3-6-18(21-10-13)24-7-1-2-8-24/h3-6,9-11H,1-2,7-8,12H2,(H,22,25). The summed E-state index contributed by atoms with van der Waals surface area (Å²) in [5.74, 6) is 2.04. The highest BCUT2D eigenvalue weighted by Crippen LogP contribution is 2.34. The van der Waals surface area contributed by atoms with Crippen LogP contribution in [-0.4, -0.2) is 35.8 Å². The Morgan fingerprint density at radius 1 is 1.11 bits per heavy atom. The number of hydrogen-bond acceptors (Lipinski definition) is 7. The Bertz CT molecular complexity index is 1010. The second-order valence-electron chi connectivity index (χ2n) is 6.66. The van der Waals surface area contributed by atoms with Crippen molar-refractivity contribution in [3.05, 3.63) is 47.6 Å². The van der Waals surface area contributed by atoms with Gasteiger partial charge in [0, 0.05) is 42.0 Å². The molecule has 0 aliphatic carbocycles. The average Bonchev–Trinajstić information content (AvgIpc) is 3.49. The summed E-state index contributed by atoms with van der Waals surface area (Å²) >= 11 is 1.43. The predicted octanol–water partition coefficient (Wildman–Crippen LogP) is 3.79. The van der Waals surface area contributed by atoms with Crippen molar-refractivity contribution < 1.29 is 14.3 Å². The van der Waals surface area contributed by atoms with Gasteiger partial charge in [0.15, 0.2) is 11.5 Å². The Kier molecular flexibility index (Phi) is 4.32. The van der Waals surface area contributed by atoms with Gasteiger partial charge in [-0.25, -0.2) is 9.97 Å². The van der Waals surface area contributed by atoms with Crippen LogP contribution in [0.15, 0.2) is 41.9 Å². The number of fused-ring (bicyclic) bond motifs is 1. The molecule has 1 N–H and O–H groups in total. The minimum absolute atomic E-state index is 0.201. The number of benzene rings is 1. The fraction of sp³-hybridized carbons (Fsp3) is 0.250. The highest BCUT2D eigenvalue weighted by atomic mass is 32.1. The van der Waals surface area contributed by atoms with Crippen molar-refractivity contribution in [1.82, 2.24) is 9.97 Å². The van der Waals surface area contributed by atoms with Crippen LogP contribution in [0.25, 0.3) is 10.6 Å². The summed E-state index contributed by atoms with van der Waals surface area (Å²) < 4.78 is 10.6. The van der Waals surface area contributed by atoms with Crippen LogP contribution in [0, 0.1) is 0 Å². The van der Waals surface area contributed by atoms with Crippen LogP contribution in [0.3, 0.4) is 0 Å². The molecule has 0 unspecified atom stereocenters. The summed E-state index contributed by atoms with van der Waals surface area (Å²) in [6.07, 6.45) is 4.27. The third-order valence-electron chi connectivity index (χ3n) is 4.79. The number of thiazole rings is 1. The van der Waals surface area contributed by atoms with Crippen molar-refractivity contribution in [2.24, 2.45) is 0 Å². The van der Waals surface area contributed by atoms with Crippen LogP contribution in [0.2, 0.25) is 0 Å². The first-order valence-corrected chi connectivity index (χ1v) is 10.0. The minimum atomic E-state index is -0.261. The molecule has 0 bridgehead atoms. The van der Waals surface area contributed by atoms with Crippen molar-refractivity contribution in [3.8, 4) is 22.1 Å². The molecule has 0 saturated carbocycles. The van der Waals surface area contributed by atoms with E-state index >= 15 is 0 Å². The number of carbonyl (C=O) groups excluding carboxylic acids is 1. The second kappa shape index (κ2) is 7.12. The average molecular weight is 394 g/mol. The maximum absolute atomic E-state index is 12.5. The summed E-state index contributed by atoms with van der Waals surface area (Å²) in [5, 5.41) is 5.38. The van der Waals surface area contributed by atoms with Crippen LogP contribution < -0.4 is 19.7 Å². The number of pyridine rings is 1. The summed E-state index contributed by atoms with van der Waals surface area (Å²) in [5.41, 5.74) is 1.93. The van der Waals surface area contributed by atoms with E-state index in [1.807, 2.05) is 18.3 Å². The van der Waals surface area contributed by atoms with Gasteiger partial charge in [0.1, 0.15) is 16.5 Å². The monoisotopic (exact) mass is 394 g/mol. The number of hydrogen-bond donors (Lipinski definition) is 1. The number of anilines is 2. The van der Waals surface area contributed by atoms with Crippen molar-refractivity contribution in [3.63, 3.8) is 0 Å². The number of nitrogens with one attached hydrogen (secondary N) is 1. The lowest BCUT2D eigenvalue weighted by molar-refractivity contribution is 0.102. The van der Waals surface area contributed by atoms with E-state index in [1.54, 1.807) is 23.6 Å². The van der Waals surface area contributed by atoms with Gasteiger partial charge in [0.05, 0.1) is 0 Å². The largest absolute Gasteiger partial charge is 0.454 e. The number of carbonyl (C=O) groups is 1. The summed E-state index contributed by atoms with van der Waals surface area (Å²) in [6, 6.07) is 9.33. The fourth-order valence-electron chi connectivity index (χ4n) is 3.33. The zero-order chi connectivity index (χ0) is 18.9. The highest BCUT2D eigenvalue weighted by Gasteiger charge is 2.17. The second-order valence-corrected chi connectivity index (χ2v) is 7.52. The topological polar surface area (TPSA) is 76.6 Å². The Morgan fingerprint density at radius 2 is 1.96 bits per heavy atom. The molecule has 1 amide bonds. The van der Waals surface area contributed by atoms with Crippen molar-refractivity contribution >= 4 is 28.7 Å². The lowest BCUT2D eigenvalue weighted by atomic mass is 10.2. The minimum Gasteiger partial charge on any atom is -0.454 e. The molecule has 8 heteroatoms. The predicted molar refractivity (Wildman–Crippen MR) is 107 cm³/mol. The molecule has 7 nitrogen and oxygen atoms in total. The van der Waals surface area contributed by atoms with E-state index in [2.05, 4.69) is 20.2 Å². The number of aromatic nitrogens is 2. The Balaban J connectivity index is 1.29. The molecule has 3 aromatic rings. The van der Waals surface area contributed by atoms with Gasteiger partial charge in [-0.1, -0.05) is 0 Å². The molecule has 1 saturated heterocycles. The first kappa shape index (κ1) is 17.0. The summed E-state index contributed by atoms with van der Waals surface area (Å²) in [4.78, 5) is 23.8. The summed E-state index contributed by atoms with van der Waals surface area (Å²) in [7, 11) is 0. The van der Waals surface area contributed by atoms with Gasteiger partial charge < -0.3 is 19.7 Å². The molecule has 2 aliphatic heterocycles. The quantitative estimate of drug-likeness (QED) is 0.726. The van der Waals surface area contributed by atoms with E-state index in [9.17, 15) is 4.79 Å². The first-order valence-electron chi connectivity index (χ1n) is 9.14. The number of amides is 1. The lowest BCUT2D eigenvalue weighted by Gasteiger charge is -2.15. The van der Waals surface area contributed by atoms with Gasteiger partial charge >= 0.3 is 0 Å². The van der Waals surface area contributed by atoms with Crippen molar-refractivity contribution in [2.75, 3.05) is 30.1 Å². The van der Waals surface area contributed by atoms with E-state index in [-0.39, 0.29) is 12.7 Å². The van der Waals surface area contributed by atoms with Gasteiger partial charge in [-0.3, -0.25) is 4.79 Å². The van der Waals surface area contributed by atoms with Crippen LogP contribution in [0.1, 0.15) is 23.3 Å². The van der Waals surface area contributed by atoms with E-state index in [0.717, 1.165) is 29.5 Å². The molecular weight excluding hydrogens is 376 g/mol. The van der Waals surface area contributed by atoms with Crippen LogP contribution in [0.4, 0.5) is 11.5 Å². The zero-order valence-electron chi connectivity index (χ0n) is 15.1. The molecule has 28 heavy (non-hydrogen) atoms. The maximum Gasteiger partial charge on any atom is 0.275 e. The van der Waals surface area contributed by atoms with E-state index < -0.39 is 0 Å². The van der Waals surface area contributed by atoms with Gasteiger partial charge in [-0.15, -0.1) is 11.3 Å². The third-order valence-corrected chi connectivity index (χ3v) is 5.68. The van der Waals surface area contributed by atoms with Crippen LogP contribution >= 0.6 is 11.3 Å².